The van der Waals surface area contributed by atoms with Crippen LogP contribution in [-0.2, 0) is 0 Å². The highest BCUT2D eigenvalue weighted by Gasteiger charge is 2.19. The molecule has 116 valence electrons. The number of piperidine rings is 1. The van der Waals surface area contributed by atoms with Gasteiger partial charge in [-0.3, -0.25) is 15.1 Å². The molecule has 1 saturated heterocycles. The van der Waals surface area contributed by atoms with Gasteiger partial charge in [0.2, 0.25) is 0 Å². The van der Waals surface area contributed by atoms with Crippen molar-refractivity contribution in [1.82, 2.24) is 9.88 Å². The molecule has 2 rings (SSSR count). The van der Waals surface area contributed by atoms with Crippen LogP contribution in [0.2, 0.25) is 0 Å². The molecule has 0 unspecified atom stereocenters. The number of β-amino-alcohol motifs (C(OH)–C–C–N with tert-alkyl or cyclic N) is 1. The molecule has 1 fully saturated rings. The Morgan fingerprint density at radius 2 is 2.29 bits per heavy atom. The molecule has 0 bridgehead atoms. The number of hydrogen-bond donors (Lipinski definition) is 2. The summed E-state index contributed by atoms with van der Waals surface area (Å²) in [6.45, 7) is 5.15. The average molecular weight is 294 g/mol. The number of aliphatic hydroxyl groups excluding tert-OH is 1. The van der Waals surface area contributed by atoms with Gasteiger partial charge in [0.1, 0.15) is 11.9 Å². The standard InChI is InChI=1S/C14H22N4O3/c1-11-3-6-17(7-4-11)10-12(19)8-16-13-2-5-15-9-14(13)18(20)21/h2,5,9,11-12,19H,3-4,6-8,10H2,1H3,(H,15,16)/t12-/m0/s1. The Kier molecular flexibility index (Phi) is 5.46. The Labute approximate surface area is 124 Å². The first-order chi connectivity index (χ1) is 10.1. The Balaban J connectivity index is 1.81. The third-order valence-electron chi connectivity index (χ3n) is 3.87. The van der Waals surface area contributed by atoms with Crippen LogP contribution in [0.15, 0.2) is 18.5 Å². The normalized spacial score (nSPS) is 18.4. The second kappa shape index (κ2) is 7.33. The first kappa shape index (κ1) is 15.7. The van der Waals surface area contributed by atoms with E-state index in [1.807, 2.05) is 0 Å². The van der Waals surface area contributed by atoms with Crippen LogP contribution in [0, 0.1) is 16.0 Å². The van der Waals surface area contributed by atoms with Crippen LogP contribution in [0.1, 0.15) is 19.8 Å². The summed E-state index contributed by atoms with van der Waals surface area (Å²) in [5.41, 5.74) is 0.317. The maximum Gasteiger partial charge on any atom is 0.310 e. The van der Waals surface area contributed by atoms with Crippen molar-refractivity contribution in [3.05, 3.63) is 28.6 Å². The van der Waals surface area contributed by atoms with Crippen LogP contribution in [0.3, 0.4) is 0 Å². The zero-order valence-electron chi connectivity index (χ0n) is 12.2. The molecule has 7 nitrogen and oxygen atoms in total. The molecule has 1 aliphatic rings. The van der Waals surface area contributed by atoms with Gasteiger partial charge in [0.25, 0.3) is 0 Å². The van der Waals surface area contributed by atoms with Crippen molar-refractivity contribution >= 4 is 11.4 Å². The molecule has 1 aromatic heterocycles. The zero-order valence-corrected chi connectivity index (χ0v) is 12.2. The first-order valence-electron chi connectivity index (χ1n) is 7.29. The Morgan fingerprint density at radius 3 is 2.95 bits per heavy atom. The predicted octanol–water partition coefficient (Wildman–Crippen LogP) is 1.49. The largest absolute Gasteiger partial charge is 0.390 e. The highest BCUT2D eigenvalue weighted by atomic mass is 16.6. The predicted molar refractivity (Wildman–Crippen MR) is 80.2 cm³/mol. The lowest BCUT2D eigenvalue weighted by molar-refractivity contribution is -0.384. The van der Waals surface area contributed by atoms with Crippen molar-refractivity contribution in [2.75, 3.05) is 31.5 Å². The van der Waals surface area contributed by atoms with E-state index in [9.17, 15) is 15.2 Å². The highest BCUT2D eigenvalue weighted by molar-refractivity contribution is 5.59. The van der Waals surface area contributed by atoms with E-state index < -0.39 is 11.0 Å². The van der Waals surface area contributed by atoms with Crippen molar-refractivity contribution in [3.8, 4) is 0 Å². The molecule has 1 aliphatic heterocycles. The number of anilines is 1. The van der Waals surface area contributed by atoms with Crippen LogP contribution in [0.4, 0.5) is 11.4 Å². The topological polar surface area (TPSA) is 91.5 Å². The van der Waals surface area contributed by atoms with E-state index >= 15 is 0 Å². The summed E-state index contributed by atoms with van der Waals surface area (Å²) in [5.74, 6) is 0.760. The monoisotopic (exact) mass is 294 g/mol. The van der Waals surface area contributed by atoms with Gasteiger partial charge in [0.15, 0.2) is 0 Å². The minimum absolute atomic E-state index is 0.0727. The van der Waals surface area contributed by atoms with E-state index in [0.29, 0.717) is 12.2 Å². The fourth-order valence-electron chi connectivity index (χ4n) is 2.52. The minimum atomic E-state index is -0.550. The lowest BCUT2D eigenvalue weighted by Gasteiger charge is -2.31. The summed E-state index contributed by atoms with van der Waals surface area (Å²) in [6, 6.07) is 1.55. The third-order valence-corrected chi connectivity index (χ3v) is 3.87. The second-order valence-corrected chi connectivity index (χ2v) is 5.67. The van der Waals surface area contributed by atoms with Crippen molar-refractivity contribution in [3.63, 3.8) is 0 Å². The van der Waals surface area contributed by atoms with Gasteiger partial charge in [-0.2, -0.15) is 0 Å². The molecular weight excluding hydrogens is 272 g/mol. The van der Waals surface area contributed by atoms with Gasteiger partial charge in [-0.1, -0.05) is 6.92 Å². The Bertz CT molecular complexity index is 475. The maximum absolute atomic E-state index is 10.9. The molecular formula is C14H22N4O3. The molecule has 1 aromatic rings. The summed E-state index contributed by atoms with van der Waals surface area (Å²) in [5, 5.41) is 23.9. The number of likely N-dealkylation sites (tertiary alicyclic amines) is 1. The van der Waals surface area contributed by atoms with Crippen LogP contribution in [0.5, 0.6) is 0 Å². The molecule has 0 amide bonds. The van der Waals surface area contributed by atoms with Gasteiger partial charge in [0, 0.05) is 19.3 Å². The van der Waals surface area contributed by atoms with Gasteiger partial charge in [-0.25, -0.2) is 0 Å². The van der Waals surface area contributed by atoms with Gasteiger partial charge in [-0.15, -0.1) is 0 Å². The van der Waals surface area contributed by atoms with Crippen LogP contribution in [0.25, 0.3) is 0 Å². The minimum Gasteiger partial charge on any atom is -0.390 e. The van der Waals surface area contributed by atoms with Gasteiger partial charge in [0.05, 0.1) is 11.0 Å². The molecule has 0 aliphatic carbocycles. The number of aromatic nitrogens is 1. The van der Waals surface area contributed by atoms with Crippen LogP contribution in [-0.4, -0.2) is 52.2 Å². The van der Waals surface area contributed by atoms with Crippen LogP contribution < -0.4 is 5.32 Å². The number of pyridine rings is 1. The molecule has 7 heteroatoms. The molecule has 21 heavy (non-hydrogen) atoms. The Hall–Kier alpha value is -1.73. The number of nitro groups is 1. The van der Waals surface area contributed by atoms with E-state index in [1.165, 1.54) is 12.4 Å². The fourth-order valence-corrected chi connectivity index (χ4v) is 2.52. The van der Waals surface area contributed by atoms with E-state index in [4.69, 9.17) is 0 Å². The molecule has 0 radical (unpaired) electrons. The van der Waals surface area contributed by atoms with Gasteiger partial charge < -0.3 is 15.3 Å². The van der Waals surface area contributed by atoms with Crippen molar-refractivity contribution in [1.29, 1.82) is 0 Å². The number of nitrogens with zero attached hydrogens (tertiary/aromatic N) is 3. The quantitative estimate of drug-likeness (QED) is 0.610. The number of rotatable bonds is 6. The Morgan fingerprint density at radius 1 is 1.57 bits per heavy atom. The fraction of sp³-hybridized carbons (Fsp3) is 0.643. The van der Waals surface area contributed by atoms with E-state index in [1.54, 1.807) is 6.07 Å². The zero-order chi connectivity index (χ0) is 15.2. The van der Waals surface area contributed by atoms with Crippen molar-refractivity contribution < 1.29 is 10.0 Å². The molecule has 2 heterocycles. The smallest absolute Gasteiger partial charge is 0.310 e. The summed E-state index contributed by atoms with van der Waals surface area (Å²) in [4.78, 5) is 16.4. The first-order valence-corrected chi connectivity index (χ1v) is 7.29. The molecule has 1 atom stereocenters. The molecule has 0 saturated carbocycles. The van der Waals surface area contributed by atoms with Crippen molar-refractivity contribution in [2.45, 2.75) is 25.9 Å². The summed E-state index contributed by atoms with van der Waals surface area (Å²) in [6.07, 6.45) is 4.48. The summed E-state index contributed by atoms with van der Waals surface area (Å²) >= 11 is 0. The van der Waals surface area contributed by atoms with Gasteiger partial charge in [-0.05, 0) is 37.9 Å². The molecule has 0 spiro atoms. The average Bonchev–Trinajstić information content (AvgIpc) is 2.48. The van der Waals surface area contributed by atoms with E-state index in [-0.39, 0.29) is 12.2 Å². The third kappa shape index (κ3) is 4.64. The molecule has 2 N–H and O–H groups in total. The van der Waals surface area contributed by atoms with E-state index in [0.717, 1.165) is 31.8 Å². The number of hydrogen-bond acceptors (Lipinski definition) is 6. The van der Waals surface area contributed by atoms with E-state index in [2.05, 4.69) is 22.1 Å². The van der Waals surface area contributed by atoms with Crippen LogP contribution >= 0.6 is 0 Å². The maximum atomic E-state index is 10.9. The lowest BCUT2D eigenvalue weighted by Crippen LogP contribution is -2.40. The highest BCUT2D eigenvalue weighted by Crippen LogP contribution is 2.22. The number of aliphatic hydroxyl groups is 1. The SMILES string of the molecule is CC1CCN(C[C@@H](O)CNc2ccncc2[N+](=O)[O-])CC1. The van der Waals surface area contributed by atoms with Gasteiger partial charge >= 0.3 is 5.69 Å². The lowest BCUT2D eigenvalue weighted by atomic mass is 9.99. The summed E-state index contributed by atoms with van der Waals surface area (Å²) < 4.78 is 0. The molecule has 0 aromatic carbocycles. The number of nitrogens with one attached hydrogen (secondary N) is 1. The summed E-state index contributed by atoms with van der Waals surface area (Å²) in [7, 11) is 0. The van der Waals surface area contributed by atoms with Crippen molar-refractivity contribution in [2.24, 2.45) is 5.92 Å². The second-order valence-electron chi connectivity index (χ2n) is 5.67.